The lowest BCUT2D eigenvalue weighted by Gasteiger charge is -2.26. The first-order chi connectivity index (χ1) is 27.4. The molecule has 1 aliphatic carbocycles. The minimum Gasteiger partial charge on any atom is -0.303 e. The second-order valence-corrected chi connectivity index (χ2v) is 19.8. The molecule has 2 heteroatoms. The van der Waals surface area contributed by atoms with Crippen molar-refractivity contribution in [1.82, 2.24) is 4.90 Å². The molecule has 1 atom stereocenters. The standard InChI is InChI=1S/C11H15F.C11H16.C10H21N.C9H18.C9H12.C6H14.3CH4/c1-8(2)9(3)10-4-6-11(12)7-5-10;1-10(2)8-9-11-6-4-3-5-7-11;1-10(2)6-9-11-7-4-3-5-8-11;2*1-8(2)9-6-4-3-5-7-9;1-5(2)6(3)4;;;/h4-9H,1-3H3;3-7,10H,8-9H2,1-2H3;10H,3-9H2,1-2H3;8-9H,3-7H2,1-2H3;3-8H,1-2H3;5-6H,1-4H3;3*1H4. The molecule has 3 aromatic carbocycles. The first-order valence-corrected chi connectivity index (χ1v) is 24.0. The minimum absolute atomic E-state index is 0. The Hall–Kier alpha value is -2.45. The molecule has 1 heterocycles. The van der Waals surface area contributed by atoms with Crippen molar-refractivity contribution in [3.05, 3.63) is 107 Å². The number of nitrogens with zero attached hydrogens (tertiary/aromatic N) is 1. The van der Waals surface area contributed by atoms with Gasteiger partial charge in [0.25, 0.3) is 0 Å². The van der Waals surface area contributed by atoms with Gasteiger partial charge < -0.3 is 4.90 Å². The fourth-order valence-electron chi connectivity index (χ4n) is 6.51. The van der Waals surface area contributed by atoms with Crippen LogP contribution in [0, 0.1) is 47.2 Å². The summed E-state index contributed by atoms with van der Waals surface area (Å²) in [5.41, 5.74) is 4.09. The van der Waals surface area contributed by atoms with Gasteiger partial charge >= 0.3 is 0 Å². The van der Waals surface area contributed by atoms with Crippen LogP contribution in [-0.2, 0) is 6.42 Å². The molecule has 0 amide bonds. The Morgan fingerprint density at radius 1 is 0.492 bits per heavy atom. The number of rotatable bonds is 11. The maximum atomic E-state index is 12.6. The van der Waals surface area contributed by atoms with Crippen molar-refractivity contribution in [1.29, 1.82) is 0 Å². The summed E-state index contributed by atoms with van der Waals surface area (Å²) < 4.78 is 12.6. The van der Waals surface area contributed by atoms with Crippen LogP contribution in [0.3, 0.4) is 0 Å². The molecule has 1 unspecified atom stereocenters. The molecule has 0 radical (unpaired) electrons. The Balaban J connectivity index is -0.000000320. The number of hydrogen-bond acceptors (Lipinski definition) is 1. The van der Waals surface area contributed by atoms with Gasteiger partial charge in [0.1, 0.15) is 5.82 Å². The van der Waals surface area contributed by atoms with Gasteiger partial charge in [0, 0.05) is 0 Å². The van der Waals surface area contributed by atoms with Gasteiger partial charge in [-0.1, -0.05) is 237 Å². The van der Waals surface area contributed by atoms with E-state index >= 15 is 0 Å². The fraction of sp³-hybridized carbons (Fsp3) is 0.695. The largest absolute Gasteiger partial charge is 0.303 e. The van der Waals surface area contributed by atoms with Crippen LogP contribution in [0.15, 0.2) is 84.9 Å². The van der Waals surface area contributed by atoms with Crippen LogP contribution >= 0.6 is 0 Å². The van der Waals surface area contributed by atoms with Crippen LogP contribution < -0.4 is 0 Å². The van der Waals surface area contributed by atoms with Gasteiger partial charge in [0.15, 0.2) is 0 Å². The second kappa shape index (κ2) is 40.3. The summed E-state index contributed by atoms with van der Waals surface area (Å²) in [5, 5.41) is 0. The number of piperidine rings is 1. The molecule has 356 valence electrons. The Morgan fingerprint density at radius 2 is 0.934 bits per heavy atom. The Kier molecular flexibility index (Phi) is 43.1. The van der Waals surface area contributed by atoms with E-state index < -0.39 is 0 Å². The molecular formula is C59H108FN. The van der Waals surface area contributed by atoms with Crippen LogP contribution in [0.4, 0.5) is 4.39 Å². The van der Waals surface area contributed by atoms with Crippen molar-refractivity contribution in [2.75, 3.05) is 19.6 Å². The summed E-state index contributed by atoms with van der Waals surface area (Å²) in [6.45, 7) is 37.8. The highest BCUT2D eigenvalue weighted by Crippen LogP contribution is 2.29. The van der Waals surface area contributed by atoms with E-state index in [0.717, 1.165) is 35.5 Å². The smallest absolute Gasteiger partial charge is 0.123 e. The lowest BCUT2D eigenvalue weighted by Crippen LogP contribution is -2.31. The molecule has 1 aliphatic heterocycles. The molecule has 61 heavy (non-hydrogen) atoms. The predicted octanol–water partition coefficient (Wildman–Crippen LogP) is 19.6. The molecule has 1 saturated heterocycles. The highest BCUT2D eigenvalue weighted by atomic mass is 19.1. The third-order valence-corrected chi connectivity index (χ3v) is 12.1. The monoisotopic (exact) mass is 850 g/mol. The van der Waals surface area contributed by atoms with Crippen LogP contribution in [0.1, 0.15) is 219 Å². The maximum Gasteiger partial charge on any atom is 0.123 e. The second-order valence-electron chi connectivity index (χ2n) is 19.8. The van der Waals surface area contributed by atoms with Crippen molar-refractivity contribution >= 4 is 0 Å². The Labute approximate surface area is 384 Å². The topological polar surface area (TPSA) is 3.24 Å². The molecule has 3 aromatic rings. The highest BCUT2D eigenvalue weighted by Gasteiger charge is 2.16. The zero-order chi connectivity index (χ0) is 43.9. The van der Waals surface area contributed by atoms with Crippen LogP contribution in [0.25, 0.3) is 0 Å². The van der Waals surface area contributed by atoms with E-state index in [1.54, 1.807) is 0 Å². The molecule has 1 saturated carbocycles. The van der Waals surface area contributed by atoms with E-state index in [4.69, 9.17) is 0 Å². The van der Waals surface area contributed by atoms with Gasteiger partial charge in [-0.25, -0.2) is 4.39 Å². The van der Waals surface area contributed by atoms with E-state index in [9.17, 15) is 4.39 Å². The lowest BCUT2D eigenvalue weighted by atomic mass is 9.82. The summed E-state index contributed by atoms with van der Waals surface area (Å²) in [4.78, 5) is 2.61. The Bertz CT molecular complexity index is 1270. The molecule has 0 aromatic heterocycles. The SMILES string of the molecule is C.C.C.CC(C)C(C)C.CC(C)C(C)c1ccc(F)cc1.CC(C)C1CCCCC1.CC(C)CCN1CCCCC1.CC(C)CCc1ccccc1.CC(C)c1ccccc1. The van der Waals surface area contributed by atoms with Crippen molar-refractivity contribution in [3.63, 3.8) is 0 Å². The van der Waals surface area contributed by atoms with E-state index in [2.05, 4.69) is 163 Å². The molecule has 2 fully saturated rings. The molecule has 0 bridgehead atoms. The van der Waals surface area contributed by atoms with Gasteiger partial charge in [0.2, 0.25) is 0 Å². The summed E-state index contributed by atoms with van der Waals surface area (Å²) in [6, 6.07) is 28.0. The quantitative estimate of drug-likeness (QED) is 0.186. The summed E-state index contributed by atoms with van der Waals surface area (Å²) in [5.74, 6) is 6.99. The van der Waals surface area contributed by atoms with Crippen LogP contribution in [0.2, 0.25) is 0 Å². The van der Waals surface area contributed by atoms with Gasteiger partial charge in [-0.15, -0.1) is 0 Å². The molecule has 0 spiro atoms. The number of benzene rings is 3. The average molecular weight is 851 g/mol. The van der Waals surface area contributed by atoms with Gasteiger partial charge in [-0.3, -0.25) is 0 Å². The van der Waals surface area contributed by atoms with Crippen LogP contribution in [-0.4, -0.2) is 24.5 Å². The van der Waals surface area contributed by atoms with Crippen molar-refractivity contribution < 1.29 is 4.39 Å². The summed E-state index contributed by atoms with van der Waals surface area (Å²) >= 11 is 0. The summed E-state index contributed by atoms with van der Waals surface area (Å²) in [6.07, 6.45) is 15.7. The average Bonchev–Trinajstić information content (AvgIpc) is 3.22. The molecule has 0 N–H and O–H groups in total. The van der Waals surface area contributed by atoms with Crippen molar-refractivity contribution in [3.8, 4) is 0 Å². The van der Waals surface area contributed by atoms with E-state index in [0.29, 0.717) is 17.8 Å². The highest BCUT2D eigenvalue weighted by molar-refractivity contribution is 5.20. The number of likely N-dealkylation sites (tertiary alicyclic amines) is 1. The number of aryl methyl sites for hydroxylation is 1. The van der Waals surface area contributed by atoms with Gasteiger partial charge in [-0.05, 0) is 134 Å². The zero-order valence-electron chi connectivity index (χ0n) is 41.0. The first kappa shape index (κ1) is 65.2. The lowest BCUT2D eigenvalue weighted by molar-refractivity contribution is 0.217. The number of halogens is 1. The summed E-state index contributed by atoms with van der Waals surface area (Å²) in [7, 11) is 0. The normalized spacial score (nSPS) is 14.3. The fourth-order valence-corrected chi connectivity index (χ4v) is 6.51. The van der Waals surface area contributed by atoms with E-state index in [-0.39, 0.29) is 28.1 Å². The molecular weight excluding hydrogens is 742 g/mol. The van der Waals surface area contributed by atoms with Crippen molar-refractivity contribution in [2.24, 2.45) is 41.4 Å². The Morgan fingerprint density at radius 3 is 1.30 bits per heavy atom. The zero-order valence-corrected chi connectivity index (χ0v) is 41.0. The maximum absolute atomic E-state index is 12.6. The first-order valence-electron chi connectivity index (χ1n) is 24.0. The number of hydrogen-bond donors (Lipinski definition) is 0. The van der Waals surface area contributed by atoms with E-state index in [1.165, 1.54) is 119 Å². The molecule has 5 rings (SSSR count). The molecule has 2 aliphatic rings. The van der Waals surface area contributed by atoms with E-state index in [1.807, 2.05) is 18.2 Å². The van der Waals surface area contributed by atoms with Crippen molar-refractivity contribution in [2.45, 2.75) is 209 Å². The van der Waals surface area contributed by atoms with Crippen LogP contribution in [0.5, 0.6) is 0 Å². The molecule has 1 nitrogen and oxygen atoms in total. The third-order valence-electron chi connectivity index (χ3n) is 12.1. The minimum atomic E-state index is -0.158. The third kappa shape index (κ3) is 36.7. The predicted molar refractivity (Wildman–Crippen MR) is 281 cm³/mol. The van der Waals surface area contributed by atoms with Gasteiger partial charge in [-0.2, -0.15) is 0 Å². The van der Waals surface area contributed by atoms with Gasteiger partial charge in [0.05, 0.1) is 0 Å².